The Hall–Kier alpha value is -1.68. The quantitative estimate of drug-likeness (QED) is 0.869. The second-order valence-corrected chi connectivity index (χ2v) is 4.59. The topological polar surface area (TPSA) is 41.5 Å². The highest BCUT2D eigenvalue weighted by Gasteiger charge is 2.09. The maximum atomic E-state index is 9.53. The Morgan fingerprint density at radius 2 is 2.18 bits per heavy atom. The van der Waals surface area contributed by atoms with Crippen LogP contribution in [0.5, 0.6) is 11.5 Å². The molecule has 1 aromatic carbocycles. The van der Waals surface area contributed by atoms with Gasteiger partial charge in [-0.15, -0.1) is 0 Å². The molecule has 2 aromatic rings. The van der Waals surface area contributed by atoms with E-state index in [4.69, 9.17) is 4.74 Å². The summed E-state index contributed by atoms with van der Waals surface area (Å²) in [5, 5.41) is 17.0. The lowest BCUT2D eigenvalue weighted by atomic mass is 10.1. The van der Waals surface area contributed by atoms with Crippen molar-refractivity contribution in [3.8, 4) is 11.5 Å². The monoisotopic (exact) mass is 249 g/mol. The third kappa shape index (κ3) is 2.71. The minimum absolute atomic E-state index is 0.166. The molecule has 0 saturated carbocycles. The van der Waals surface area contributed by atoms with Crippen molar-refractivity contribution in [1.82, 2.24) is 0 Å². The van der Waals surface area contributed by atoms with E-state index in [1.54, 1.807) is 24.5 Å². The van der Waals surface area contributed by atoms with Crippen LogP contribution in [-0.4, -0.2) is 12.2 Å². The Labute approximate surface area is 105 Å². The number of hydrogen-bond donors (Lipinski definition) is 2. The number of methoxy groups -OCH3 is 1. The summed E-state index contributed by atoms with van der Waals surface area (Å²) in [6, 6.07) is 7.60. The van der Waals surface area contributed by atoms with E-state index >= 15 is 0 Å². The predicted molar refractivity (Wildman–Crippen MR) is 71.0 cm³/mol. The fourth-order valence-electron chi connectivity index (χ4n) is 1.64. The predicted octanol–water partition coefficient (Wildman–Crippen LogP) is 3.64. The summed E-state index contributed by atoms with van der Waals surface area (Å²) in [6.07, 6.45) is 0. The zero-order valence-electron chi connectivity index (χ0n) is 9.81. The molecule has 0 amide bonds. The van der Waals surface area contributed by atoms with Gasteiger partial charge in [-0.2, -0.15) is 11.3 Å². The van der Waals surface area contributed by atoms with Crippen LogP contribution in [0.1, 0.15) is 18.5 Å². The van der Waals surface area contributed by atoms with Gasteiger partial charge in [-0.3, -0.25) is 0 Å². The minimum Gasteiger partial charge on any atom is -0.504 e. The van der Waals surface area contributed by atoms with Crippen LogP contribution in [0.15, 0.2) is 35.0 Å². The fraction of sp³-hybridized carbons (Fsp3) is 0.231. The molecule has 90 valence electrons. The van der Waals surface area contributed by atoms with Gasteiger partial charge < -0.3 is 15.2 Å². The lowest BCUT2D eigenvalue weighted by Crippen LogP contribution is -2.05. The SMILES string of the molecule is COc1cc(C(C)Nc2ccsc2)ccc1O. The molecule has 17 heavy (non-hydrogen) atoms. The normalized spacial score (nSPS) is 12.1. The van der Waals surface area contributed by atoms with E-state index in [0.29, 0.717) is 5.75 Å². The molecule has 0 fully saturated rings. The Morgan fingerprint density at radius 1 is 1.35 bits per heavy atom. The van der Waals surface area contributed by atoms with Gasteiger partial charge in [0.25, 0.3) is 0 Å². The zero-order chi connectivity index (χ0) is 12.3. The van der Waals surface area contributed by atoms with Crippen LogP contribution in [-0.2, 0) is 0 Å². The van der Waals surface area contributed by atoms with Crippen molar-refractivity contribution in [2.45, 2.75) is 13.0 Å². The summed E-state index contributed by atoms with van der Waals surface area (Å²) in [7, 11) is 1.55. The summed E-state index contributed by atoms with van der Waals surface area (Å²) in [4.78, 5) is 0. The van der Waals surface area contributed by atoms with Gasteiger partial charge >= 0.3 is 0 Å². The second kappa shape index (κ2) is 5.10. The van der Waals surface area contributed by atoms with Crippen LogP contribution in [0.25, 0.3) is 0 Å². The first-order chi connectivity index (χ1) is 8.20. The maximum Gasteiger partial charge on any atom is 0.160 e. The van der Waals surface area contributed by atoms with Gasteiger partial charge in [0.15, 0.2) is 11.5 Å². The van der Waals surface area contributed by atoms with Crippen LogP contribution in [0.2, 0.25) is 0 Å². The lowest BCUT2D eigenvalue weighted by Gasteiger charge is -2.15. The molecule has 0 spiro atoms. The minimum atomic E-state index is 0.166. The summed E-state index contributed by atoms with van der Waals surface area (Å²) >= 11 is 1.66. The van der Waals surface area contributed by atoms with Crippen molar-refractivity contribution in [3.63, 3.8) is 0 Å². The van der Waals surface area contributed by atoms with Crippen molar-refractivity contribution in [2.24, 2.45) is 0 Å². The molecule has 4 heteroatoms. The first-order valence-corrected chi connectivity index (χ1v) is 6.30. The van der Waals surface area contributed by atoms with Crippen molar-refractivity contribution in [2.75, 3.05) is 12.4 Å². The van der Waals surface area contributed by atoms with Crippen molar-refractivity contribution < 1.29 is 9.84 Å². The van der Waals surface area contributed by atoms with Gasteiger partial charge in [-0.1, -0.05) is 6.07 Å². The summed E-state index contributed by atoms with van der Waals surface area (Å²) in [6.45, 7) is 2.07. The number of phenolic OH excluding ortho intramolecular Hbond substituents is 1. The molecule has 1 unspecified atom stereocenters. The fourth-order valence-corrected chi connectivity index (χ4v) is 2.24. The molecule has 0 aliphatic carbocycles. The molecule has 0 radical (unpaired) electrons. The smallest absolute Gasteiger partial charge is 0.160 e. The van der Waals surface area contributed by atoms with E-state index in [1.165, 1.54) is 0 Å². The van der Waals surface area contributed by atoms with E-state index in [2.05, 4.69) is 17.6 Å². The van der Waals surface area contributed by atoms with Gasteiger partial charge in [0.1, 0.15) is 0 Å². The summed E-state index contributed by atoms with van der Waals surface area (Å²) in [5.41, 5.74) is 2.18. The molecule has 1 aromatic heterocycles. The van der Waals surface area contributed by atoms with E-state index < -0.39 is 0 Å². The maximum absolute atomic E-state index is 9.53. The number of nitrogens with one attached hydrogen (secondary N) is 1. The van der Waals surface area contributed by atoms with Crippen LogP contribution < -0.4 is 10.1 Å². The van der Waals surface area contributed by atoms with Gasteiger partial charge in [0.05, 0.1) is 7.11 Å². The van der Waals surface area contributed by atoms with Crippen LogP contribution in [0.4, 0.5) is 5.69 Å². The molecular formula is C13H15NO2S. The number of ether oxygens (including phenoxy) is 1. The number of thiophene rings is 1. The zero-order valence-corrected chi connectivity index (χ0v) is 10.6. The highest BCUT2D eigenvalue weighted by molar-refractivity contribution is 7.08. The Balaban J connectivity index is 2.16. The third-order valence-electron chi connectivity index (χ3n) is 2.61. The van der Waals surface area contributed by atoms with Crippen LogP contribution >= 0.6 is 11.3 Å². The molecule has 2 rings (SSSR count). The molecule has 3 nitrogen and oxygen atoms in total. The van der Waals surface area contributed by atoms with E-state index in [1.807, 2.05) is 23.6 Å². The molecular weight excluding hydrogens is 234 g/mol. The number of hydrogen-bond acceptors (Lipinski definition) is 4. The van der Waals surface area contributed by atoms with E-state index in [-0.39, 0.29) is 11.8 Å². The standard InChI is InChI=1S/C13H15NO2S/c1-9(14-11-5-6-17-8-11)10-3-4-12(15)13(7-10)16-2/h3-9,14-15H,1-2H3. The van der Waals surface area contributed by atoms with Crippen LogP contribution in [0.3, 0.4) is 0 Å². The molecule has 0 bridgehead atoms. The molecule has 2 N–H and O–H groups in total. The molecule has 1 atom stereocenters. The first-order valence-electron chi connectivity index (χ1n) is 5.36. The number of anilines is 1. The van der Waals surface area contributed by atoms with Crippen molar-refractivity contribution in [3.05, 3.63) is 40.6 Å². The van der Waals surface area contributed by atoms with E-state index in [0.717, 1.165) is 11.3 Å². The van der Waals surface area contributed by atoms with Crippen molar-refractivity contribution >= 4 is 17.0 Å². The Bertz CT molecular complexity index is 482. The highest BCUT2D eigenvalue weighted by Crippen LogP contribution is 2.30. The number of benzene rings is 1. The number of aromatic hydroxyl groups is 1. The highest BCUT2D eigenvalue weighted by atomic mass is 32.1. The molecule has 0 aliphatic heterocycles. The third-order valence-corrected chi connectivity index (χ3v) is 3.29. The molecule has 0 saturated heterocycles. The van der Waals surface area contributed by atoms with Gasteiger partial charge in [0, 0.05) is 17.1 Å². The Morgan fingerprint density at radius 3 is 2.82 bits per heavy atom. The van der Waals surface area contributed by atoms with E-state index in [9.17, 15) is 5.11 Å². The number of phenols is 1. The first kappa shape index (κ1) is 11.8. The van der Waals surface area contributed by atoms with Gasteiger partial charge in [0.2, 0.25) is 0 Å². The molecule has 1 heterocycles. The average Bonchev–Trinajstić information content (AvgIpc) is 2.82. The van der Waals surface area contributed by atoms with Crippen molar-refractivity contribution in [1.29, 1.82) is 0 Å². The summed E-state index contributed by atoms with van der Waals surface area (Å²) < 4.78 is 5.10. The second-order valence-electron chi connectivity index (χ2n) is 3.81. The summed E-state index contributed by atoms with van der Waals surface area (Å²) in [5.74, 6) is 0.667. The van der Waals surface area contributed by atoms with Crippen LogP contribution in [0, 0.1) is 0 Å². The average molecular weight is 249 g/mol. The van der Waals surface area contributed by atoms with Gasteiger partial charge in [-0.25, -0.2) is 0 Å². The molecule has 0 aliphatic rings. The van der Waals surface area contributed by atoms with Gasteiger partial charge in [-0.05, 0) is 36.1 Å². The lowest BCUT2D eigenvalue weighted by molar-refractivity contribution is 0.373. The number of rotatable bonds is 4. The largest absolute Gasteiger partial charge is 0.504 e. The Kier molecular flexibility index (Phi) is 3.54.